The van der Waals surface area contributed by atoms with Gasteiger partial charge in [-0.25, -0.2) is 0 Å². The molecule has 3 heterocycles. The molecular formula is C55H38N4. The molecule has 2 aliphatic heterocycles. The third-order valence-corrected chi connectivity index (χ3v) is 12.1. The quantitative estimate of drug-likeness (QED) is 0.168. The van der Waals surface area contributed by atoms with Gasteiger partial charge in [-0.2, -0.15) is 0 Å². The summed E-state index contributed by atoms with van der Waals surface area (Å²) in [6.45, 7) is 0. The second kappa shape index (κ2) is 13.4. The monoisotopic (exact) mass is 754 g/mol. The Bertz CT molecular complexity index is 3120. The van der Waals surface area contributed by atoms with Crippen LogP contribution in [0.25, 0.3) is 27.5 Å². The molecule has 278 valence electrons. The summed E-state index contributed by atoms with van der Waals surface area (Å²) < 4.78 is 2.43. The van der Waals surface area contributed by atoms with Crippen LogP contribution in [0.3, 0.4) is 0 Å². The standard InChI is InChI=1S/C55H38N4/c1-6-19-38(20-7-1)56(39-21-8-2-9-22-39)43-33-34-45-51(35-43)58(41-25-12-4-13-26-41)49-31-18-32-50-55(49)54(45)47-36-46-44-29-16-17-30-48(44)57(40-23-10-3-11-24-40)52(46)37-53(47)59(50)42-27-14-5-15-28-42/h1-37,54H. The number of benzene rings is 9. The second-order valence-electron chi connectivity index (χ2n) is 15.4. The smallest absolute Gasteiger partial charge is 0.0562 e. The first kappa shape index (κ1) is 33.3. The first-order chi connectivity index (χ1) is 29.3. The number of nitrogens with zero attached hydrogens (tertiary/aromatic N) is 4. The fourth-order valence-corrected chi connectivity index (χ4v) is 9.69. The van der Waals surface area contributed by atoms with Crippen LogP contribution in [0, 0.1) is 0 Å². The Hall–Kier alpha value is -7.82. The molecule has 0 N–H and O–H groups in total. The molecule has 0 amide bonds. The van der Waals surface area contributed by atoms with E-state index in [9.17, 15) is 0 Å². The fraction of sp³-hybridized carbons (Fsp3) is 0.0182. The predicted octanol–water partition coefficient (Wildman–Crippen LogP) is 15.0. The molecule has 1 aromatic heterocycles. The largest absolute Gasteiger partial charge is 0.310 e. The molecule has 10 aromatic rings. The van der Waals surface area contributed by atoms with Crippen molar-refractivity contribution in [3.63, 3.8) is 0 Å². The van der Waals surface area contributed by atoms with Crippen molar-refractivity contribution in [3.8, 4) is 5.69 Å². The normalized spacial score (nSPS) is 13.9. The van der Waals surface area contributed by atoms with Gasteiger partial charge >= 0.3 is 0 Å². The van der Waals surface area contributed by atoms with Gasteiger partial charge in [0.15, 0.2) is 0 Å². The van der Waals surface area contributed by atoms with E-state index in [-0.39, 0.29) is 5.92 Å². The van der Waals surface area contributed by atoms with Gasteiger partial charge in [-0.15, -0.1) is 0 Å². The highest BCUT2D eigenvalue weighted by molar-refractivity contribution is 6.12. The average molecular weight is 755 g/mol. The van der Waals surface area contributed by atoms with Crippen molar-refractivity contribution < 1.29 is 0 Å². The minimum absolute atomic E-state index is 0.0229. The predicted molar refractivity (Wildman–Crippen MR) is 246 cm³/mol. The summed E-state index contributed by atoms with van der Waals surface area (Å²) in [7, 11) is 0. The van der Waals surface area contributed by atoms with E-state index in [1.807, 2.05) is 0 Å². The number of para-hydroxylation sites is 6. The van der Waals surface area contributed by atoms with Crippen LogP contribution < -0.4 is 14.7 Å². The molecule has 0 radical (unpaired) electrons. The van der Waals surface area contributed by atoms with Crippen molar-refractivity contribution in [3.05, 3.63) is 241 Å². The molecule has 12 rings (SSSR count). The number of hydrogen-bond donors (Lipinski definition) is 0. The number of rotatable bonds is 6. The molecule has 0 bridgehead atoms. The van der Waals surface area contributed by atoms with E-state index in [1.54, 1.807) is 0 Å². The summed E-state index contributed by atoms with van der Waals surface area (Å²) in [5.74, 6) is -0.0229. The van der Waals surface area contributed by atoms with E-state index < -0.39 is 0 Å². The molecule has 1 unspecified atom stereocenters. The van der Waals surface area contributed by atoms with Crippen molar-refractivity contribution >= 4 is 73.0 Å². The maximum atomic E-state index is 2.50. The molecule has 0 fully saturated rings. The molecule has 0 aliphatic carbocycles. The first-order valence-electron chi connectivity index (χ1n) is 20.3. The van der Waals surface area contributed by atoms with E-state index >= 15 is 0 Å². The van der Waals surface area contributed by atoms with Crippen molar-refractivity contribution in [2.45, 2.75) is 5.92 Å². The number of hydrogen-bond acceptors (Lipinski definition) is 3. The van der Waals surface area contributed by atoms with Crippen LogP contribution in [0.5, 0.6) is 0 Å². The van der Waals surface area contributed by atoms with Gasteiger partial charge in [0, 0.05) is 56.4 Å². The minimum Gasteiger partial charge on any atom is -0.310 e. The lowest BCUT2D eigenvalue weighted by Gasteiger charge is -2.45. The van der Waals surface area contributed by atoms with Crippen LogP contribution in [-0.2, 0) is 0 Å². The van der Waals surface area contributed by atoms with Gasteiger partial charge in [-0.1, -0.05) is 121 Å². The minimum atomic E-state index is -0.0229. The van der Waals surface area contributed by atoms with E-state index in [4.69, 9.17) is 0 Å². The van der Waals surface area contributed by atoms with Gasteiger partial charge in [0.05, 0.1) is 33.8 Å². The van der Waals surface area contributed by atoms with E-state index in [1.165, 1.54) is 61.2 Å². The molecule has 1 atom stereocenters. The summed E-state index contributed by atoms with van der Waals surface area (Å²) in [5, 5.41) is 2.50. The highest BCUT2D eigenvalue weighted by Gasteiger charge is 2.41. The maximum Gasteiger partial charge on any atom is 0.0562 e. The van der Waals surface area contributed by atoms with E-state index in [0.29, 0.717) is 0 Å². The van der Waals surface area contributed by atoms with Crippen molar-refractivity contribution in [2.75, 3.05) is 14.7 Å². The molecule has 0 saturated heterocycles. The van der Waals surface area contributed by atoms with Crippen LogP contribution in [0.1, 0.15) is 22.6 Å². The van der Waals surface area contributed by atoms with Crippen molar-refractivity contribution in [2.24, 2.45) is 0 Å². The van der Waals surface area contributed by atoms with E-state index in [2.05, 4.69) is 244 Å². The lowest BCUT2D eigenvalue weighted by molar-refractivity contribution is 0.910. The van der Waals surface area contributed by atoms with Crippen LogP contribution in [0.4, 0.5) is 51.2 Å². The molecular weight excluding hydrogens is 717 g/mol. The molecule has 0 saturated carbocycles. The zero-order valence-corrected chi connectivity index (χ0v) is 32.2. The van der Waals surface area contributed by atoms with Crippen LogP contribution in [0.15, 0.2) is 224 Å². The van der Waals surface area contributed by atoms with Gasteiger partial charge in [0.25, 0.3) is 0 Å². The SMILES string of the molecule is c1ccc(N(c2ccccc2)c2ccc3c(c2)N(c2ccccc2)c2cccc4c2C3c2cc3c5ccccc5n(-c5ccccc5)c3cc2N4c2ccccc2)cc1. The summed E-state index contributed by atoms with van der Waals surface area (Å²) >= 11 is 0. The Labute approximate surface area is 343 Å². The Kier molecular flexibility index (Phi) is 7.57. The zero-order chi connectivity index (χ0) is 38.9. The Morgan fingerprint density at radius 1 is 0.322 bits per heavy atom. The van der Waals surface area contributed by atoms with Crippen LogP contribution in [-0.4, -0.2) is 4.57 Å². The number of aromatic nitrogens is 1. The third kappa shape index (κ3) is 5.16. The Morgan fingerprint density at radius 2 is 0.831 bits per heavy atom. The average Bonchev–Trinajstić information content (AvgIpc) is 3.63. The second-order valence-corrected chi connectivity index (χ2v) is 15.4. The molecule has 0 spiro atoms. The van der Waals surface area contributed by atoms with Crippen LogP contribution in [0.2, 0.25) is 0 Å². The summed E-state index contributed by atoms with van der Waals surface area (Å²) in [5.41, 5.74) is 17.8. The van der Waals surface area contributed by atoms with Gasteiger partial charge in [-0.05, 0) is 114 Å². The third-order valence-electron chi connectivity index (χ3n) is 12.1. The van der Waals surface area contributed by atoms with Gasteiger partial charge in [0.1, 0.15) is 0 Å². The molecule has 4 heteroatoms. The van der Waals surface area contributed by atoms with Crippen molar-refractivity contribution in [1.82, 2.24) is 4.57 Å². The Morgan fingerprint density at radius 3 is 1.42 bits per heavy atom. The number of anilines is 9. The summed E-state index contributed by atoms with van der Waals surface area (Å²) in [6, 6.07) is 81.7. The van der Waals surface area contributed by atoms with Crippen molar-refractivity contribution in [1.29, 1.82) is 0 Å². The number of fused-ring (bicyclic) bond motifs is 7. The summed E-state index contributed by atoms with van der Waals surface area (Å²) in [6.07, 6.45) is 0. The van der Waals surface area contributed by atoms with Gasteiger partial charge < -0.3 is 19.3 Å². The lowest BCUT2D eigenvalue weighted by Crippen LogP contribution is -2.29. The highest BCUT2D eigenvalue weighted by atomic mass is 15.2. The highest BCUT2D eigenvalue weighted by Crippen LogP contribution is 2.61. The molecule has 4 nitrogen and oxygen atoms in total. The lowest BCUT2D eigenvalue weighted by atomic mass is 9.75. The van der Waals surface area contributed by atoms with Gasteiger partial charge in [0.2, 0.25) is 0 Å². The molecule has 2 aliphatic rings. The fourth-order valence-electron chi connectivity index (χ4n) is 9.69. The first-order valence-corrected chi connectivity index (χ1v) is 20.3. The molecule has 59 heavy (non-hydrogen) atoms. The van der Waals surface area contributed by atoms with Crippen LogP contribution >= 0.6 is 0 Å². The maximum absolute atomic E-state index is 2.50. The topological polar surface area (TPSA) is 14.7 Å². The zero-order valence-electron chi connectivity index (χ0n) is 32.2. The Balaban J connectivity index is 1.17. The van der Waals surface area contributed by atoms with Gasteiger partial charge in [-0.3, -0.25) is 0 Å². The summed E-state index contributed by atoms with van der Waals surface area (Å²) in [4.78, 5) is 7.34. The van der Waals surface area contributed by atoms with E-state index in [0.717, 1.165) is 34.1 Å². The molecule has 9 aromatic carbocycles.